The third-order valence-electron chi connectivity index (χ3n) is 4.72. The van der Waals surface area contributed by atoms with Crippen molar-refractivity contribution in [1.29, 1.82) is 0 Å². The Hall–Kier alpha value is -0.580. The van der Waals surface area contributed by atoms with Crippen LogP contribution < -0.4 is 0 Å². The van der Waals surface area contributed by atoms with Gasteiger partial charge < -0.3 is 4.18 Å². The summed E-state index contributed by atoms with van der Waals surface area (Å²) >= 11 is 5.90. The van der Waals surface area contributed by atoms with Crippen molar-refractivity contribution < 1.29 is 4.18 Å². The Labute approximate surface area is 136 Å². The van der Waals surface area contributed by atoms with Crippen molar-refractivity contribution in [3.8, 4) is 0 Å². The second-order valence-electron chi connectivity index (χ2n) is 6.91. The van der Waals surface area contributed by atoms with Gasteiger partial charge in [0.05, 0.1) is 12.6 Å². The van der Waals surface area contributed by atoms with Crippen LogP contribution in [0, 0.1) is 12.3 Å². The number of hydrogen-bond acceptors (Lipinski definition) is 4. The number of fused-ring (bicyclic) bond motifs is 1. The lowest BCUT2D eigenvalue weighted by atomic mass is 9.75. The third-order valence-corrected chi connectivity index (χ3v) is 6.37. The molecule has 4 heteroatoms. The van der Waals surface area contributed by atoms with E-state index in [2.05, 4.69) is 50.8 Å². The molecule has 114 valence electrons. The van der Waals surface area contributed by atoms with Crippen molar-refractivity contribution in [3.63, 3.8) is 0 Å². The van der Waals surface area contributed by atoms with Gasteiger partial charge in [-0.25, -0.2) is 0 Å². The molecule has 0 bridgehead atoms. The van der Waals surface area contributed by atoms with Gasteiger partial charge in [-0.2, -0.15) is 0 Å². The lowest BCUT2D eigenvalue weighted by Crippen LogP contribution is -2.22. The largest absolute Gasteiger partial charge is 0.316 e. The number of hydrogen-bond donors (Lipinski definition) is 1. The second kappa shape index (κ2) is 5.90. The van der Waals surface area contributed by atoms with Crippen LogP contribution in [0.25, 0.3) is 0 Å². The zero-order valence-corrected chi connectivity index (χ0v) is 14.6. The highest BCUT2D eigenvalue weighted by molar-refractivity contribution is 7.75. The van der Waals surface area contributed by atoms with E-state index in [1.165, 1.54) is 29.7 Å². The Morgan fingerprint density at radius 1 is 1.48 bits per heavy atom. The van der Waals surface area contributed by atoms with Gasteiger partial charge in [-0.15, -0.1) is 11.3 Å². The van der Waals surface area contributed by atoms with E-state index >= 15 is 0 Å². The Kier molecular flexibility index (Phi) is 4.30. The van der Waals surface area contributed by atoms with E-state index in [-0.39, 0.29) is 6.04 Å². The molecule has 2 atom stereocenters. The molecule has 1 aromatic rings. The van der Waals surface area contributed by atoms with E-state index in [0.29, 0.717) is 17.9 Å². The summed E-state index contributed by atoms with van der Waals surface area (Å²) in [6.45, 7) is 7.61. The molecular weight excluding hydrogens is 298 g/mol. The highest BCUT2D eigenvalue weighted by atomic mass is 32.1. The molecule has 1 aromatic heterocycles. The van der Waals surface area contributed by atoms with Crippen LogP contribution in [-0.4, -0.2) is 18.9 Å². The molecule has 1 aliphatic carbocycles. The summed E-state index contributed by atoms with van der Waals surface area (Å²) in [5.41, 5.74) is 3.52. The monoisotopic (exact) mass is 321 g/mol. The van der Waals surface area contributed by atoms with Crippen molar-refractivity contribution in [2.24, 2.45) is 10.4 Å². The Balaban J connectivity index is 1.95. The number of dihydropyridines is 1. The van der Waals surface area contributed by atoms with E-state index in [1.807, 2.05) is 17.6 Å². The lowest BCUT2D eigenvalue weighted by Gasteiger charge is -2.29. The fourth-order valence-electron chi connectivity index (χ4n) is 3.43. The number of aryl methyl sites for hydroxylation is 1. The summed E-state index contributed by atoms with van der Waals surface area (Å²) < 4.78 is 5.06. The molecule has 0 amide bonds. The van der Waals surface area contributed by atoms with Gasteiger partial charge in [0.1, 0.15) is 0 Å². The minimum atomic E-state index is 0.152. The number of thiophene rings is 1. The third kappa shape index (κ3) is 2.99. The van der Waals surface area contributed by atoms with Crippen LogP contribution in [0.4, 0.5) is 0 Å². The number of allylic oxidation sites excluding steroid dienone is 1. The smallest absolute Gasteiger partial charge is 0.0856 e. The predicted molar refractivity (Wildman–Crippen MR) is 94.0 cm³/mol. The van der Waals surface area contributed by atoms with Gasteiger partial charge in [0.15, 0.2) is 0 Å². The zero-order chi connectivity index (χ0) is 15.0. The molecule has 2 aliphatic rings. The molecule has 0 saturated carbocycles. The van der Waals surface area contributed by atoms with Crippen LogP contribution >= 0.6 is 24.2 Å². The van der Waals surface area contributed by atoms with Crippen LogP contribution in [0.1, 0.15) is 47.1 Å². The van der Waals surface area contributed by atoms with Crippen molar-refractivity contribution in [1.82, 2.24) is 0 Å². The summed E-state index contributed by atoms with van der Waals surface area (Å²) in [5.74, 6) is 0.334. The average molecular weight is 322 g/mol. The molecule has 2 heterocycles. The van der Waals surface area contributed by atoms with Gasteiger partial charge >= 0.3 is 0 Å². The first-order valence-electron chi connectivity index (χ1n) is 7.59. The van der Waals surface area contributed by atoms with Crippen molar-refractivity contribution in [2.75, 3.05) is 6.61 Å². The van der Waals surface area contributed by atoms with E-state index < -0.39 is 0 Å². The van der Waals surface area contributed by atoms with Crippen LogP contribution in [-0.2, 0) is 17.0 Å². The first-order valence-corrected chi connectivity index (χ1v) is 8.77. The molecular formula is C17H23NOS2. The maximum Gasteiger partial charge on any atom is 0.0856 e. The first-order chi connectivity index (χ1) is 10.0. The standard InChI is InChI=1S/C17H23NOS2/c1-11-13-9-17(2,3)7-6-15(13)21-16(11)12-5-4-8-18-14(12)10-19-20/h4-5,8,12,14,20H,6-7,9-10H2,1-3H3. The molecule has 3 rings (SSSR count). The minimum absolute atomic E-state index is 0.152. The Bertz CT molecular complexity index is 586. The summed E-state index contributed by atoms with van der Waals surface area (Å²) in [7, 11) is 0. The second-order valence-corrected chi connectivity index (χ2v) is 8.30. The van der Waals surface area contributed by atoms with Gasteiger partial charge in [0.2, 0.25) is 0 Å². The lowest BCUT2D eigenvalue weighted by molar-refractivity contribution is 0.317. The van der Waals surface area contributed by atoms with E-state index in [1.54, 1.807) is 10.4 Å². The van der Waals surface area contributed by atoms with E-state index in [4.69, 9.17) is 4.18 Å². The molecule has 0 N–H and O–H groups in total. The van der Waals surface area contributed by atoms with Gasteiger partial charge in [-0.05, 0) is 61.7 Å². The maximum absolute atomic E-state index is 5.06. The van der Waals surface area contributed by atoms with Crippen molar-refractivity contribution in [3.05, 3.63) is 33.0 Å². The molecule has 0 spiro atoms. The fraction of sp³-hybridized carbons (Fsp3) is 0.588. The predicted octanol–water partition coefficient (Wildman–Crippen LogP) is 4.53. The van der Waals surface area contributed by atoms with Gasteiger partial charge in [-0.3, -0.25) is 4.99 Å². The van der Waals surface area contributed by atoms with Crippen LogP contribution in [0.3, 0.4) is 0 Å². The number of aliphatic imine (C=N–C) groups is 1. The molecule has 1 aliphatic heterocycles. The number of nitrogens with zero attached hydrogens (tertiary/aromatic N) is 1. The quantitative estimate of drug-likeness (QED) is 0.641. The Morgan fingerprint density at radius 2 is 2.29 bits per heavy atom. The van der Waals surface area contributed by atoms with E-state index in [9.17, 15) is 0 Å². The zero-order valence-electron chi connectivity index (χ0n) is 12.9. The van der Waals surface area contributed by atoms with Crippen molar-refractivity contribution >= 4 is 30.5 Å². The minimum Gasteiger partial charge on any atom is -0.316 e. The first kappa shape index (κ1) is 15.3. The normalized spacial score (nSPS) is 26.9. The maximum atomic E-state index is 5.06. The summed E-state index contributed by atoms with van der Waals surface area (Å²) in [4.78, 5) is 7.64. The van der Waals surface area contributed by atoms with E-state index in [0.717, 1.165) is 0 Å². The summed E-state index contributed by atoms with van der Waals surface area (Å²) in [5, 5.41) is 0. The summed E-state index contributed by atoms with van der Waals surface area (Å²) in [6.07, 6.45) is 9.92. The van der Waals surface area contributed by atoms with Gasteiger partial charge in [-0.1, -0.05) is 19.9 Å². The highest BCUT2D eigenvalue weighted by Gasteiger charge is 2.32. The molecule has 2 nitrogen and oxygen atoms in total. The molecule has 0 fully saturated rings. The Morgan fingerprint density at radius 3 is 3.05 bits per heavy atom. The number of rotatable bonds is 3. The molecule has 21 heavy (non-hydrogen) atoms. The fourth-order valence-corrected chi connectivity index (χ4v) is 5.05. The number of thiol groups is 1. The molecule has 0 saturated heterocycles. The van der Waals surface area contributed by atoms with Crippen LogP contribution in [0.15, 0.2) is 17.1 Å². The van der Waals surface area contributed by atoms with Gasteiger partial charge in [0.25, 0.3) is 0 Å². The molecule has 0 radical (unpaired) electrons. The average Bonchev–Trinajstić information content (AvgIpc) is 2.76. The molecule has 0 aromatic carbocycles. The molecule has 2 unspecified atom stereocenters. The summed E-state index contributed by atoms with van der Waals surface area (Å²) in [6, 6.07) is 0.152. The van der Waals surface area contributed by atoms with Crippen LogP contribution in [0.2, 0.25) is 0 Å². The van der Waals surface area contributed by atoms with Crippen molar-refractivity contribution in [2.45, 2.75) is 52.0 Å². The van der Waals surface area contributed by atoms with Crippen LogP contribution in [0.5, 0.6) is 0 Å². The highest BCUT2D eigenvalue weighted by Crippen LogP contribution is 2.44. The topological polar surface area (TPSA) is 21.6 Å². The van der Waals surface area contributed by atoms with Gasteiger partial charge in [0, 0.05) is 21.9 Å². The SMILES string of the molecule is Cc1c(C2C=CC=NC2COS)sc2c1CC(C)(C)CC2.